The van der Waals surface area contributed by atoms with E-state index >= 15 is 0 Å². The molecule has 1 unspecified atom stereocenters. The minimum atomic E-state index is -3.78. The minimum absolute atomic E-state index is 0.0441. The van der Waals surface area contributed by atoms with Gasteiger partial charge in [0.25, 0.3) is 0 Å². The van der Waals surface area contributed by atoms with Crippen LogP contribution in [-0.4, -0.2) is 26.2 Å². The van der Waals surface area contributed by atoms with Crippen LogP contribution in [0, 0.1) is 5.92 Å². The van der Waals surface area contributed by atoms with E-state index in [-0.39, 0.29) is 27.4 Å². The number of halogens is 2. The lowest BCUT2D eigenvalue weighted by molar-refractivity contribution is 0.107. The molecular formula is C13H19Cl2NO3S. The van der Waals surface area contributed by atoms with Gasteiger partial charge in [-0.1, -0.05) is 49.9 Å². The molecule has 0 aliphatic heterocycles. The number of hydrogen-bond donors (Lipinski definition) is 2. The Hall–Kier alpha value is -0.330. The molecule has 0 saturated carbocycles. The summed E-state index contributed by atoms with van der Waals surface area (Å²) in [7, 11) is -3.78. The molecule has 1 aromatic rings. The van der Waals surface area contributed by atoms with Crippen LogP contribution in [0.2, 0.25) is 10.0 Å². The van der Waals surface area contributed by atoms with Crippen LogP contribution in [0.15, 0.2) is 23.1 Å². The summed E-state index contributed by atoms with van der Waals surface area (Å²) in [5.41, 5.74) is 0. The summed E-state index contributed by atoms with van der Waals surface area (Å²) in [5, 5.41) is 10.3. The van der Waals surface area contributed by atoms with E-state index in [4.69, 9.17) is 23.2 Å². The first-order chi connectivity index (χ1) is 9.31. The van der Waals surface area contributed by atoms with Crippen molar-refractivity contribution >= 4 is 33.2 Å². The second-order valence-corrected chi connectivity index (χ2v) is 7.15. The topological polar surface area (TPSA) is 66.4 Å². The monoisotopic (exact) mass is 339 g/mol. The molecule has 114 valence electrons. The van der Waals surface area contributed by atoms with Crippen molar-refractivity contribution in [2.24, 2.45) is 5.92 Å². The van der Waals surface area contributed by atoms with Gasteiger partial charge in [0.2, 0.25) is 10.0 Å². The SMILES string of the molecule is CCC(CC)C(O)CNS(=O)(=O)c1cc(Cl)ccc1Cl. The molecule has 1 atom stereocenters. The molecule has 0 aliphatic rings. The molecule has 4 nitrogen and oxygen atoms in total. The lowest BCUT2D eigenvalue weighted by Crippen LogP contribution is -2.36. The van der Waals surface area contributed by atoms with Crippen LogP contribution in [0.5, 0.6) is 0 Å². The second-order valence-electron chi connectivity index (χ2n) is 4.57. The van der Waals surface area contributed by atoms with Gasteiger partial charge in [-0.2, -0.15) is 0 Å². The van der Waals surface area contributed by atoms with Crippen molar-refractivity contribution in [3.05, 3.63) is 28.2 Å². The van der Waals surface area contributed by atoms with Gasteiger partial charge in [-0.3, -0.25) is 0 Å². The van der Waals surface area contributed by atoms with Gasteiger partial charge in [0, 0.05) is 11.6 Å². The van der Waals surface area contributed by atoms with Gasteiger partial charge < -0.3 is 5.11 Å². The number of hydrogen-bond acceptors (Lipinski definition) is 3. The number of rotatable bonds is 7. The lowest BCUT2D eigenvalue weighted by atomic mass is 9.97. The van der Waals surface area contributed by atoms with Crippen LogP contribution < -0.4 is 4.72 Å². The molecule has 0 spiro atoms. The van der Waals surface area contributed by atoms with Gasteiger partial charge in [-0.15, -0.1) is 0 Å². The van der Waals surface area contributed by atoms with E-state index in [1.54, 1.807) is 0 Å². The third-order valence-electron chi connectivity index (χ3n) is 3.26. The zero-order valence-electron chi connectivity index (χ0n) is 11.4. The number of aliphatic hydroxyl groups excluding tert-OH is 1. The fourth-order valence-corrected chi connectivity index (χ4v) is 3.77. The van der Waals surface area contributed by atoms with E-state index in [0.717, 1.165) is 12.8 Å². The molecule has 0 saturated heterocycles. The molecule has 0 heterocycles. The highest BCUT2D eigenvalue weighted by atomic mass is 35.5. The average Bonchev–Trinajstić information content (AvgIpc) is 2.40. The molecular weight excluding hydrogens is 321 g/mol. The Kier molecular flexibility index (Phi) is 6.75. The summed E-state index contributed by atoms with van der Waals surface area (Å²) < 4.78 is 26.7. The van der Waals surface area contributed by atoms with E-state index in [2.05, 4.69) is 4.72 Å². The van der Waals surface area contributed by atoms with Crippen LogP contribution in [0.3, 0.4) is 0 Å². The molecule has 2 N–H and O–H groups in total. The van der Waals surface area contributed by atoms with Gasteiger partial charge in [0.05, 0.1) is 11.1 Å². The summed E-state index contributed by atoms with van der Waals surface area (Å²) in [6, 6.07) is 4.23. The maximum Gasteiger partial charge on any atom is 0.242 e. The third kappa shape index (κ3) is 4.60. The summed E-state index contributed by atoms with van der Waals surface area (Å²) >= 11 is 11.7. The fraction of sp³-hybridized carbons (Fsp3) is 0.538. The zero-order valence-corrected chi connectivity index (χ0v) is 13.8. The van der Waals surface area contributed by atoms with Gasteiger partial charge >= 0.3 is 0 Å². The number of benzene rings is 1. The van der Waals surface area contributed by atoms with Crippen LogP contribution in [0.25, 0.3) is 0 Å². The van der Waals surface area contributed by atoms with Crippen molar-refractivity contribution in [3.63, 3.8) is 0 Å². The molecule has 0 aliphatic carbocycles. The lowest BCUT2D eigenvalue weighted by Gasteiger charge is -2.20. The van der Waals surface area contributed by atoms with Crippen LogP contribution in [-0.2, 0) is 10.0 Å². The normalized spacial score (nSPS) is 13.7. The standard InChI is InChI=1S/C13H19Cl2NO3S/c1-3-9(4-2)12(17)8-16-20(18,19)13-7-10(14)5-6-11(13)15/h5-7,9,12,16-17H,3-4,8H2,1-2H3. The summed E-state index contributed by atoms with van der Waals surface area (Å²) in [6.07, 6.45) is 0.854. The maximum absolute atomic E-state index is 12.1. The molecule has 0 amide bonds. The van der Waals surface area contributed by atoms with Gasteiger partial charge in [0.15, 0.2) is 0 Å². The Labute approximate surface area is 130 Å². The number of sulfonamides is 1. The van der Waals surface area contributed by atoms with Gasteiger partial charge in [-0.25, -0.2) is 13.1 Å². The largest absolute Gasteiger partial charge is 0.391 e. The van der Waals surface area contributed by atoms with Crippen molar-refractivity contribution in [3.8, 4) is 0 Å². The predicted molar refractivity (Wildman–Crippen MR) is 81.7 cm³/mol. The van der Waals surface area contributed by atoms with E-state index in [9.17, 15) is 13.5 Å². The molecule has 1 aromatic carbocycles. The minimum Gasteiger partial charge on any atom is -0.391 e. The van der Waals surface area contributed by atoms with E-state index in [0.29, 0.717) is 0 Å². The molecule has 7 heteroatoms. The van der Waals surface area contributed by atoms with E-state index < -0.39 is 16.1 Å². The molecule has 0 fully saturated rings. The maximum atomic E-state index is 12.1. The van der Waals surface area contributed by atoms with Gasteiger partial charge in [-0.05, 0) is 24.1 Å². The molecule has 0 bridgehead atoms. The molecule has 1 rings (SSSR count). The highest BCUT2D eigenvalue weighted by Gasteiger charge is 2.22. The second kappa shape index (κ2) is 7.61. The summed E-state index contributed by atoms with van der Waals surface area (Å²) in [4.78, 5) is -0.0802. The van der Waals surface area contributed by atoms with E-state index in [1.165, 1.54) is 18.2 Å². The Morgan fingerprint density at radius 3 is 2.40 bits per heavy atom. The molecule has 20 heavy (non-hydrogen) atoms. The van der Waals surface area contributed by atoms with Crippen LogP contribution in [0.4, 0.5) is 0 Å². The first-order valence-corrected chi connectivity index (χ1v) is 8.68. The Morgan fingerprint density at radius 1 is 1.25 bits per heavy atom. The highest BCUT2D eigenvalue weighted by Crippen LogP contribution is 2.25. The highest BCUT2D eigenvalue weighted by molar-refractivity contribution is 7.89. The van der Waals surface area contributed by atoms with E-state index in [1.807, 2.05) is 13.8 Å². The van der Waals surface area contributed by atoms with Crippen molar-refractivity contribution in [2.45, 2.75) is 37.7 Å². The van der Waals surface area contributed by atoms with Crippen molar-refractivity contribution in [1.82, 2.24) is 4.72 Å². The first kappa shape index (κ1) is 17.7. The Bertz CT molecular complexity index is 545. The smallest absolute Gasteiger partial charge is 0.242 e. The van der Waals surface area contributed by atoms with Crippen LogP contribution in [0.1, 0.15) is 26.7 Å². The molecule has 0 aromatic heterocycles. The van der Waals surface area contributed by atoms with Crippen LogP contribution >= 0.6 is 23.2 Å². The average molecular weight is 340 g/mol. The quantitative estimate of drug-likeness (QED) is 0.802. The first-order valence-electron chi connectivity index (χ1n) is 6.44. The zero-order chi connectivity index (χ0) is 15.3. The number of aliphatic hydroxyl groups is 1. The third-order valence-corrected chi connectivity index (χ3v) is 5.40. The van der Waals surface area contributed by atoms with Crippen molar-refractivity contribution in [1.29, 1.82) is 0 Å². The number of nitrogens with one attached hydrogen (secondary N) is 1. The van der Waals surface area contributed by atoms with Gasteiger partial charge in [0.1, 0.15) is 4.90 Å². The summed E-state index contributed by atoms with van der Waals surface area (Å²) in [6.45, 7) is 3.87. The van der Waals surface area contributed by atoms with Crippen molar-refractivity contribution < 1.29 is 13.5 Å². The predicted octanol–water partition coefficient (Wildman–Crippen LogP) is 3.07. The summed E-state index contributed by atoms with van der Waals surface area (Å²) in [5.74, 6) is 0.0625. The Morgan fingerprint density at radius 2 is 1.85 bits per heavy atom. The van der Waals surface area contributed by atoms with Crippen molar-refractivity contribution in [2.75, 3.05) is 6.54 Å². The molecule has 0 radical (unpaired) electrons. The fourth-order valence-electron chi connectivity index (χ4n) is 1.96. The Balaban J connectivity index is 2.83.